The van der Waals surface area contributed by atoms with E-state index in [0.29, 0.717) is 11.8 Å². The summed E-state index contributed by atoms with van der Waals surface area (Å²) in [5, 5.41) is 13.4. The van der Waals surface area contributed by atoms with Crippen LogP contribution in [0.4, 0.5) is 0 Å². The number of phenolic OH excluding ortho intramolecular Hbond substituents is 1. The lowest BCUT2D eigenvalue weighted by molar-refractivity contribution is 0.156. The third-order valence-electron chi connectivity index (χ3n) is 4.16. The number of piperazine rings is 1. The van der Waals surface area contributed by atoms with Gasteiger partial charge in [0.05, 0.1) is 7.11 Å². The topological polar surface area (TPSA) is 44.7 Å². The highest BCUT2D eigenvalue weighted by atomic mass is 16.5. The van der Waals surface area contributed by atoms with Crippen LogP contribution in [0.5, 0.6) is 11.5 Å². The molecule has 2 aliphatic rings. The van der Waals surface area contributed by atoms with Gasteiger partial charge in [-0.25, -0.2) is 0 Å². The van der Waals surface area contributed by atoms with Crippen LogP contribution >= 0.6 is 0 Å². The SMILES string of the molecule is COc1ccc([C@@H](C2CC2)N2CCNCC2)cc1O. The fourth-order valence-corrected chi connectivity index (χ4v) is 3.04. The predicted molar refractivity (Wildman–Crippen MR) is 74.6 cm³/mol. The molecule has 1 saturated heterocycles. The zero-order valence-corrected chi connectivity index (χ0v) is 11.4. The van der Waals surface area contributed by atoms with E-state index in [1.165, 1.54) is 18.4 Å². The second-order valence-electron chi connectivity index (χ2n) is 5.50. The molecule has 1 aromatic rings. The Balaban J connectivity index is 1.84. The molecule has 1 aromatic carbocycles. The highest BCUT2D eigenvalue weighted by molar-refractivity contribution is 5.43. The number of rotatable bonds is 4. The average Bonchev–Trinajstić information content (AvgIpc) is 3.25. The zero-order valence-electron chi connectivity index (χ0n) is 11.4. The fourth-order valence-electron chi connectivity index (χ4n) is 3.04. The van der Waals surface area contributed by atoms with Gasteiger partial charge >= 0.3 is 0 Å². The van der Waals surface area contributed by atoms with E-state index in [9.17, 15) is 5.11 Å². The van der Waals surface area contributed by atoms with Crippen molar-refractivity contribution < 1.29 is 9.84 Å². The van der Waals surface area contributed by atoms with Crippen molar-refractivity contribution in [1.29, 1.82) is 0 Å². The van der Waals surface area contributed by atoms with E-state index < -0.39 is 0 Å². The van der Waals surface area contributed by atoms with Gasteiger partial charge in [-0.05, 0) is 36.5 Å². The number of hydrogen-bond donors (Lipinski definition) is 2. The molecule has 0 spiro atoms. The van der Waals surface area contributed by atoms with Crippen LogP contribution in [0.25, 0.3) is 0 Å². The van der Waals surface area contributed by atoms with Crippen molar-refractivity contribution >= 4 is 0 Å². The van der Waals surface area contributed by atoms with Gasteiger partial charge in [-0.1, -0.05) is 6.07 Å². The molecule has 0 unspecified atom stereocenters. The first-order chi connectivity index (χ1) is 9.29. The number of nitrogens with one attached hydrogen (secondary N) is 1. The Hall–Kier alpha value is -1.26. The molecule has 0 amide bonds. The Kier molecular flexibility index (Phi) is 3.62. The normalized spacial score (nSPS) is 22.2. The summed E-state index contributed by atoms with van der Waals surface area (Å²) in [7, 11) is 1.59. The number of nitrogens with zero attached hydrogens (tertiary/aromatic N) is 1. The molecule has 1 atom stereocenters. The Morgan fingerprint density at radius 3 is 2.63 bits per heavy atom. The van der Waals surface area contributed by atoms with Crippen molar-refractivity contribution in [2.24, 2.45) is 5.92 Å². The van der Waals surface area contributed by atoms with Crippen molar-refractivity contribution in [2.75, 3.05) is 33.3 Å². The van der Waals surface area contributed by atoms with Crippen LogP contribution in [0.3, 0.4) is 0 Å². The molecular formula is C15H22N2O2. The van der Waals surface area contributed by atoms with E-state index in [4.69, 9.17) is 4.74 Å². The second-order valence-corrected chi connectivity index (χ2v) is 5.50. The van der Waals surface area contributed by atoms with Crippen LogP contribution in [0.15, 0.2) is 18.2 Å². The summed E-state index contributed by atoms with van der Waals surface area (Å²) < 4.78 is 5.13. The van der Waals surface area contributed by atoms with Crippen LogP contribution in [-0.2, 0) is 0 Å². The zero-order chi connectivity index (χ0) is 13.2. The highest BCUT2D eigenvalue weighted by Crippen LogP contribution is 2.45. The third kappa shape index (κ3) is 2.69. The summed E-state index contributed by atoms with van der Waals surface area (Å²) in [5.41, 5.74) is 1.22. The molecule has 104 valence electrons. The van der Waals surface area contributed by atoms with Crippen molar-refractivity contribution in [1.82, 2.24) is 10.2 Å². The molecule has 2 fully saturated rings. The molecule has 1 saturated carbocycles. The summed E-state index contributed by atoms with van der Waals surface area (Å²) in [6.07, 6.45) is 2.61. The molecule has 1 aliphatic heterocycles. The molecule has 19 heavy (non-hydrogen) atoms. The van der Waals surface area contributed by atoms with Gasteiger partial charge in [-0.3, -0.25) is 4.90 Å². The highest BCUT2D eigenvalue weighted by Gasteiger charge is 2.36. The van der Waals surface area contributed by atoms with E-state index in [2.05, 4.69) is 16.3 Å². The Bertz CT molecular complexity index is 440. The molecule has 0 aromatic heterocycles. The number of methoxy groups -OCH3 is 1. The first-order valence-electron chi connectivity index (χ1n) is 7.11. The van der Waals surface area contributed by atoms with E-state index in [0.717, 1.165) is 32.1 Å². The molecule has 1 aliphatic carbocycles. The number of hydrogen-bond acceptors (Lipinski definition) is 4. The molecular weight excluding hydrogens is 240 g/mol. The minimum Gasteiger partial charge on any atom is -0.504 e. The maximum Gasteiger partial charge on any atom is 0.160 e. The number of ether oxygens (including phenoxy) is 1. The van der Waals surface area contributed by atoms with Crippen LogP contribution < -0.4 is 10.1 Å². The maximum absolute atomic E-state index is 9.98. The van der Waals surface area contributed by atoms with Gasteiger partial charge in [0.15, 0.2) is 11.5 Å². The summed E-state index contributed by atoms with van der Waals surface area (Å²) in [4.78, 5) is 2.55. The molecule has 4 heteroatoms. The number of benzene rings is 1. The molecule has 0 radical (unpaired) electrons. The number of phenols is 1. The van der Waals surface area contributed by atoms with Crippen molar-refractivity contribution in [2.45, 2.75) is 18.9 Å². The van der Waals surface area contributed by atoms with Gasteiger partial charge in [0.2, 0.25) is 0 Å². The summed E-state index contributed by atoms with van der Waals surface area (Å²) in [6, 6.07) is 6.31. The van der Waals surface area contributed by atoms with Crippen LogP contribution in [0, 0.1) is 5.92 Å². The second kappa shape index (κ2) is 5.39. The van der Waals surface area contributed by atoms with Gasteiger partial charge in [-0.2, -0.15) is 0 Å². The van der Waals surface area contributed by atoms with E-state index in [-0.39, 0.29) is 5.75 Å². The van der Waals surface area contributed by atoms with Crippen LogP contribution in [-0.4, -0.2) is 43.3 Å². The Morgan fingerprint density at radius 2 is 2.05 bits per heavy atom. The van der Waals surface area contributed by atoms with Gasteiger partial charge < -0.3 is 15.2 Å². The first kappa shape index (κ1) is 12.8. The summed E-state index contributed by atoms with van der Waals surface area (Å²) in [6.45, 7) is 4.30. The standard InChI is InChI=1S/C15H22N2O2/c1-19-14-5-4-12(10-13(14)18)15(11-2-3-11)17-8-6-16-7-9-17/h4-5,10-11,15-16,18H,2-3,6-9H2,1H3/t15-/m1/s1. The maximum atomic E-state index is 9.98. The first-order valence-corrected chi connectivity index (χ1v) is 7.11. The van der Waals surface area contributed by atoms with E-state index >= 15 is 0 Å². The molecule has 0 bridgehead atoms. The quantitative estimate of drug-likeness (QED) is 0.868. The summed E-state index contributed by atoms with van der Waals surface area (Å²) >= 11 is 0. The predicted octanol–water partition coefficient (Wildman–Crippen LogP) is 1.76. The molecule has 3 rings (SSSR count). The lowest BCUT2D eigenvalue weighted by atomic mass is 9.99. The van der Waals surface area contributed by atoms with Gasteiger partial charge in [0.25, 0.3) is 0 Å². The average molecular weight is 262 g/mol. The minimum absolute atomic E-state index is 0.251. The monoisotopic (exact) mass is 262 g/mol. The van der Waals surface area contributed by atoms with Crippen molar-refractivity contribution in [3.8, 4) is 11.5 Å². The van der Waals surface area contributed by atoms with Crippen molar-refractivity contribution in [3.05, 3.63) is 23.8 Å². The van der Waals surface area contributed by atoms with Gasteiger partial charge in [0.1, 0.15) is 0 Å². The van der Waals surface area contributed by atoms with Crippen LogP contribution in [0.1, 0.15) is 24.4 Å². The molecule has 4 nitrogen and oxygen atoms in total. The Labute approximate surface area is 114 Å². The smallest absolute Gasteiger partial charge is 0.160 e. The van der Waals surface area contributed by atoms with Gasteiger partial charge in [0, 0.05) is 32.2 Å². The minimum atomic E-state index is 0.251. The van der Waals surface area contributed by atoms with E-state index in [1.807, 2.05) is 12.1 Å². The largest absolute Gasteiger partial charge is 0.504 e. The number of aromatic hydroxyl groups is 1. The lowest BCUT2D eigenvalue weighted by Gasteiger charge is -2.35. The fraction of sp³-hybridized carbons (Fsp3) is 0.600. The third-order valence-corrected chi connectivity index (χ3v) is 4.16. The van der Waals surface area contributed by atoms with Gasteiger partial charge in [-0.15, -0.1) is 0 Å². The summed E-state index contributed by atoms with van der Waals surface area (Å²) in [5.74, 6) is 1.56. The van der Waals surface area contributed by atoms with Crippen molar-refractivity contribution in [3.63, 3.8) is 0 Å². The lowest BCUT2D eigenvalue weighted by Crippen LogP contribution is -2.45. The molecule has 1 heterocycles. The Morgan fingerprint density at radius 1 is 1.32 bits per heavy atom. The van der Waals surface area contributed by atoms with Crippen LogP contribution in [0.2, 0.25) is 0 Å². The molecule has 2 N–H and O–H groups in total. The van der Waals surface area contributed by atoms with E-state index in [1.54, 1.807) is 7.11 Å².